The minimum Gasteiger partial charge on any atom is -0.462 e. The second-order valence-electron chi connectivity index (χ2n) is 8.56. The number of ether oxygens (including phenoxy) is 2. The highest BCUT2D eigenvalue weighted by molar-refractivity contribution is 5.81. The zero-order chi connectivity index (χ0) is 24.1. The Kier molecular flexibility index (Phi) is 8.05. The van der Waals surface area contributed by atoms with Crippen LogP contribution in [0, 0.1) is 6.92 Å². The van der Waals surface area contributed by atoms with E-state index in [-0.39, 0.29) is 23.7 Å². The normalized spacial score (nSPS) is 12.5. The number of imidazole rings is 1. The average Bonchev–Trinajstić information content (AvgIpc) is 3.13. The van der Waals surface area contributed by atoms with Crippen LogP contribution in [0.3, 0.4) is 0 Å². The molecule has 178 valence electrons. The van der Waals surface area contributed by atoms with E-state index in [1.807, 2.05) is 58.2 Å². The number of methoxy groups -OCH3 is 1. The average molecular weight is 455 g/mol. The molecule has 0 bridgehead atoms. The van der Waals surface area contributed by atoms with Crippen LogP contribution in [-0.2, 0) is 34.4 Å². The summed E-state index contributed by atoms with van der Waals surface area (Å²) in [6, 6.07) is 7.63. The smallest absolute Gasteiger partial charge is 0.323 e. The second-order valence-corrected chi connectivity index (χ2v) is 8.56. The molecule has 0 saturated carbocycles. The third-order valence-electron chi connectivity index (χ3n) is 5.55. The van der Waals surface area contributed by atoms with Crippen molar-refractivity contribution in [1.29, 1.82) is 0 Å². The Morgan fingerprint density at radius 3 is 2.64 bits per heavy atom. The number of fused-ring (bicyclic) bond motifs is 1. The topological polar surface area (TPSA) is 87.4 Å². The molecular weight excluding hydrogens is 420 g/mol. The van der Waals surface area contributed by atoms with Gasteiger partial charge in [-0.05, 0) is 51.0 Å². The Morgan fingerprint density at radius 1 is 1.24 bits per heavy atom. The summed E-state index contributed by atoms with van der Waals surface area (Å²) in [5.74, 6) is 0.558. The van der Waals surface area contributed by atoms with Crippen molar-refractivity contribution < 1.29 is 14.3 Å². The van der Waals surface area contributed by atoms with Gasteiger partial charge in [0.2, 0.25) is 0 Å². The molecule has 2 heterocycles. The Hall–Kier alpha value is -2.97. The predicted molar refractivity (Wildman–Crippen MR) is 129 cm³/mol. The lowest BCUT2D eigenvalue weighted by Gasteiger charge is -2.17. The summed E-state index contributed by atoms with van der Waals surface area (Å²) in [7, 11) is 3.42. The van der Waals surface area contributed by atoms with Gasteiger partial charge in [0.05, 0.1) is 23.7 Å². The summed E-state index contributed by atoms with van der Waals surface area (Å²) in [6.07, 6.45) is 2.32. The lowest BCUT2D eigenvalue weighted by molar-refractivity contribution is -0.150. The first-order valence-electron chi connectivity index (χ1n) is 11.3. The molecule has 0 unspecified atom stereocenters. The van der Waals surface area contributed by atoms with Gasteiger partial charge in [0, 0.05) is 44.6 Å². The Balaban J connectivity index is 1.93. The highest BCUT2D eigenvalue weighted by Gasteiger charge is 2.19. The first-order chi connectivity index (χ1) is 15.7. The van der Waals surface area contributed by atoms with Gasteiger partial charge in [0.25, 0.3) is 5.56 Å². The molecule has 0 amide bonds. The van der Waals surface area contributed by atoms with Crippen LogP contribution in [-0.4, -0.2) is 45.9 Å². The van der Waals surface area contributed by atoms with Crippen LogP contribution in [0.1, 0.15) is 38.3 Å². The monoisotopic (exact) mass is 454 g/mol. The number of carbonyl (C=O) groups excluding carboxylic acids is 1. The number of hydrogen-bond acceptors (Lipinski definition) is 6. The van der Waals surface area contributed by atoms with Gasteiger partial charge in [-0.3, -0.25) is 9.59 Å². The molecule has 0 aliphatic heterocycles. The first kappa shape index (κ1) is 24.7. The molecule has 1 N–H and O–H groups in total. The maximum Gasteiger partial charge on any atom is 0.323 e. The standard InChI is InChI=1S/C25H34N4O4/c1-7-20(25(31)33-16(2)3)26-14-18-8-9-22-21(13-18)27-23(29(22)10-11-32-6)19-12-17(4)24(30)28(5)15-19/h8-9,12-13,15-16,20,26H,7,10-11,14H2,1-6H3/t20-/m0/s1. The lowest BCUT2D eigenvalue weighted by Crippen LogP contribution is -2.38. The van der Waals surface area contributed by atoms with Crippen LogP contribution in [0.5, 0.6) is 0 Å². The summed E-state index contributed by atoms with van der Waals surface area (Å²) in [5, 5.41) is 3.30. The van der Waals surface area contributed by atoms with E-state index in [1.54, 1.807) is 18.7 Å². The Labute approximate surface area is 194 Å². The van der Waals surface area contributed by atoms with E-state index < -0.39 is 0 Å². The maximum absolute atomic E-state index is 12.3. The first-order valence-corrected chi connectivity index (χ1v) is 11.3. The van der Waals surface area contributed by atoms with Gasteiger partial charge in [0.15, 0.2) is 0 Å². The molecule has 8 nitrogen and oxygen atoms in total. The summed E-state index contributed by atoms with van der Waals surface area (Å²) < 4.78 is 14.4. The molecule has 0 spiro atoms. The van der Waals surface area contributed by atoms with Crippen molar-refractivity contribution in [3.63, 3.8) is 0 Å². The third kappa shape index (κ3) is 5.69. The number of rotatable bonds is 10. The number of carbonyl (C=O) groups is 1. The quantitative estimate of drug-likeness (QED) is 0.474. The fourth-order valence-electron chi connectivity index (χ4n) is 3.86. The van der Waals surface area contributed by atoms with E-state index in [0.29, 0.717) is 31.7 Å². The summed E-state index contributed by atoms with van der Waals surface area (Å²) >= 11 is 0. The molecule has 8 heteroatoms. The van der Waals surface area contributed by atoms with Crippen LogP contribution in [0.15, 0.2) is 35.3 Å². The number of esters is 1. The van der Waals surface area contributed by atoms with Gasteiger partial charge in [-0.2, -0.15) is 0 Å². The molecule has 0 aliphatic rings. The summed E-state index contributed by atoms with van der Waals surface area (Å²) in [5.41, 5.74) is 4.40. The number of hydrogen-bond donors (Lipinski definition) is 1. The molecule has 0 fully saturated rings. The minimum atomic E-state index is -0.355. The largest absolute Gasteiger partial charge is 0.462 e. The van der Waals surface area contributed by atoms with Crippen molar-refractivity contribution >= 4 is 17.0 Å². The second kappa shape index (κ2) is 10.8. The molecule has 2 aromatic heterocycles. The molecule has 3 aromatic rings. The number of aromatic nitrogens is 3. The summed E-state index contributed by atoms with van der Waals surface area (Å²) in [6.45, 7) is 9.18. The number of benzene rings is 1. The number of nitrogens with one attached hydrogen (secondary N) is 1. The molecule has 1 aromatic carbocycles. The van der Waals surface area contributed by atoms with Crippen LogP contribution >= 0.6 is 0 Å². The van der Waals surface area contributed by atoms with E-state index in [0.717, 1.165) is 28.0 Å². The van der Waals surface area contributed by atoms with E-state index in [2.05, 4.69) is 9.88 Å². The molecule has 33 heavy (non-hydrogen) atoms. The van der Waals surface area contributed by atoms with Crippen LogP contribution < -0.4 is 10.9 Å². The van der Waals surface area contributed by atoms with E-state index in [1.165, 1.54) is 0 Å². The molecule has 3 rings (SSSR count). The lowest BCUT2D eigenvalue weighted by atomic mass is 10.1. The van der Waals surface area contributed by atoms with Crippen molar-refractivity contribution in [1.82, 2.24) is 19.4 Å². The zero-order valence-electron chi connectivity index (χ0n) is 20.3. The van der Waals surface area contributed by atoms with Crippen molar-refractivity contribution in [2.24, 2.45) is 7.05 Å². The van der Waals surface area contributed by atoms with Gasteiger partial charge >= 0.3 is 5.97 Å². The van der Waals surface area contributed by atoms with Crippen LogP contribution in [0.25, 0.3) is 22.4 Å². The SMILES string of the molecule is CC[C@H](NCc1ccc2c(c1)nc(-c1cc(C)c(=O)n(C)c1)n2CCOC)C(=O)OC(C)C. The van der Waals surface area contributed by atoms with Crippen LogP contribution in [0.4, 0.5) is 0 Å². The number of aryl methyl sites for hydroxylation is 2. The number of nitrogens with zero attached hydrogens (tertiary/aromatic N) is 3. The van der Waals surface area contributed by atoms with Gasteiger partial charge in [-0.25, -0.2) is 4.98 Å². The molecule has 0 radical (unpaired) electrons. The molecular formula is C25H34N4O4. The fraction of sp³-hybridized carbons (Fsp3) is 0.480. The zero-order valence-corrected chi connectivity index (χ0v) is 20.3. The third-order valence-corrected chi connectivity index (χ3v) is 5.55. The van der Waals surface area contributed by atoms with Crippen LogP contribution in [0.2, 0.25) is 0 Å². The van der Waals surface area contributed by atoms with E-state index in [9.17, 15) is 9.59 Å². The van der Waals surface area contributed by atoms with E-state index >= 15 is 0 Å². The maximum atomic E-state index is 12.3. The molecule has 0 saturated heterocycles. The van der Waals surface area contributed by atoms with E-state index in [4.69, 9.17) is 14.5 Å². The Bertz CT molecular complexity index is 1150. The highest BCUT2D eigenvalue weighted by Crippen LogP contribution is 2.26. The Morgan fingerprint density at radius 2 is 2.00 bits per heavy atom. The van der Waals surface area contributed by atoms with Crippen molar-refractivity contribution in [3.05, 3.63) is 51.9 Å². The van der Waals surface area contributed by atoms with Crippen molar-refractivity contribution in [3.8, 4) is 11.4 Å². The molecule has 0 aliphatic carbocycles. The highest BCUT2D eigenvalue weighted by atomic mass is 16.5. The van der Waals surface area contributed by atoms with Gasteiger partial charge in [-0.15, -0.1) is 0 Å². The van der Waals surface area contributed by atoms with Crippen molar-refractivity contribution in [2.45, 2.75) is 59.4 Å². The fourth-order valence-corrected chi connectivity index (χ4v) is 3.86. The van der Waals surface area contributed by atoms with Crippen molar-refractivity contribution in [2.75, 3.05) is 13.7 Å². The number of pyridine rings is 1. The minimum absolute atomic E-state index is 0.0202. The van der Waals surface area contributed by atoms with Gasteiger partial charge < -0.3 is 23.9 Å². The predicted octanol–water partition coefficient (Wildman–Crippen LogP) is 3.18. The van der Waals surface area contributed by atoms with Gasteiger partial charge in [0.1, 0.15) is 11.9 Å². The van der Waals surface area contributed by atoms with Gasteiger partial charge in [-0.1, -0.05) is 13.0 Å². The summed E-state index contributed by atoms with van der Waals surface area (Å²) in [4.78, 5) is 29.3. The molecule has 1 atom stereocenters.